The van der Waals surface area contributed by atoms with Gasteiger partial charge in [0.1, 0.15) is 0 Å². The molecule has 0 aliphatic carbocycles. The predicted octanol–water partition coefficient (Wildman–Crippen LogP) is 1.89. The molecule has 0 saturated heterocycles. The predicted molar refractivity (Wildman–Crippen MR) is 73.7 cm³/mol. The third-order valence-electron chi connectivity index (χ3n) is 2.91. The molecule has 0 radical (unpaired) electrons. The van der Waals surface area contributed by atoms with E-state index < -0.39 is 11.6 Å². The molecule has 0 spiro atoms. The van der Waals surface area contributed by atoms with Crippen molar-refractivity contribution in [3.8, 4) is 0 Å². The van der Waals surface area contributed by atoms with Gasteiger partial charge in [-0.1, -0.05) is 6.07 Å². The zero-order chi connectivity index (χ0) is 14.5. The summed E-state index contributed by atoms with van der Waals surface area (Å²) in [6.07, 6.45) is 0.477. The number of benzene rings is 1. The average molecular weight is 267 g/mol. The minimum Gasteiger partial charge on any atom is -0.478 e. The first kappa shape index (κ1) is 15.5. The van der Waals surface area contributed by atoms with Crippen LogP contribution < -0.4 is 5.32 Å². The molecule has 0 aliphatic rings. The van der Waals surface area contributed by atoms with E-state index in [0.29, 0.717) is 18.7 Å². The molecule has 1 atom stereocenters. The van der Waals surface area contributed by atoms with E-state index in [9.17, 15) is 9.90 Å². The van der Waals surface area contributed by atoms with E-state index in [0.717, 1.165) is 5.56 Å². The monoisotopic (exact) mass is 267 g/mol. The SMILES string of the molecule is COCCC(C)(O)CNc1cc(C)ccc1C(=O)O. The van der Waals surface area contributed by atoms with Crippen LogP contribution in [0.25, 0.3) is 0 Å². The molecule has 1 unspecified atom stereocenters. The van der Waals surface area contributed by atoms with E-state index in [1.165, 1.54) is 0 Å². The standard InChI is InChI=1S/C14H21NO4/c1-10-4-5-11(13(16)17)12(8-10)15-9-14(2,18)6-7-19-3/h4-5,8,15,18H,6-7,9H2,1-3H3,(H,16,17). The molecule has 0 fully saturated rings. The fourth-order valence-corrected chi connectivity index (χ4v) is 1.69. The van der Waals surface area contributed by atoms with Crippen molar-refractivity contribution in [1.82, 2.24) is 0 Å². The third-order valence-corrected chi connectivity index (χ3v) is 2.91. The normalized spacial score (nSPS) is 13.9. The summed E-state index contributed by atoms with van der Waals surface area (Å²) in [6, 6.07) is 5.07. The zero-order valence-corrected chi connectivity index (χ0v) is 11.6. The summed E-state index contributed by atoms with van der Waals surface area (Å²) >= 11 is 0. The van der Waals surface area contributed by atoms with Crippen LogP contribution in [0.15, 0.2) is 18.2 Å². The van der Waals surface area contributed by atoms with Crippen LogP contribution >= 0.6 is 0 Å². The Morgan fingerprint density at radius 3 is 2.74 bits per heavy atom. The number of aryl methyl sites for hydroxylation is 1. The van der Waals surface area contributed by atoms with Crippen LogP contribution in [0.5, 0.6) is 0 Å². The van der Waals surface area contributed by atoms with Crippen molar-refractivity contribution in [2.24, 2.45) is 0 Å². The summed E-state index contributed by atoms with van der Waals surface area (Å²) in [4.78, 5) is 11.1. The fraction of sp³-hybridized carbons (Fsp3) is 0.500. The summed E-state index contributed by atoms with van der Waals surface area (Å²) in [5, 5.41) is 22.2. The lowest BCUT2D eigenvalue weighted by molar-refractivity contribution is 0.0356. The molecule has 19 heavy (non-hydrogen) atoms. The maximum atomic E-state index is 11.1. The molecule has 0 amide bonds. The molecule has 0 saturated carbocycles. The minimum absolute atomic E-state index is 0.202. The van der Waals surface area contributed by atoms with Gasteiger partial charge in [-0.05, 0) is 31.5 Å². The Kier molecular flexibility index (Phi) is 5.32. The Morgan fingerprint density at radius 1 is 1.47 bits per heavy atom. The number of hydrogen-bond acceptors (Lipinski definition) is 4. The number of carboxylic acids is 1. The smallest absolute Gasteiger partial charge is 0.337 e. The van der Waals surface area contributed by atoms with Gasteiger partial charge in [0.2, 0.25) is 0 Å². The Balaban J connectivity index is 2.76. The summed E-state index contributed by atoms with van der Waals surface area (Å²) in [7, 11) is 1.58. The number of aromatic carboxylic acids is 1. The first-order chi connectivity index (χ1) is 8.85. The number of carboxylic acid groups (broad SMARTS) is 1. The molecule has 5 heteroatoms. The van der Waals surface area contributed by atoms with Gasteiger partial charge >= 0.3 is 5.97 Å². The Labute approximate surface area is 113 Å². The summed E-state index contributed by atoms with van der Waals surface area (Å²) in [5.74, 6) is -0.987. The highest BCUT2D eigenvalue weighted by atomic mass is 16.5. The number of aliphatic hydroxyl groups is 1. The molecule has 0 heterocycles. The van der Waals surface area contributed by atoms with Crippen molar-refractivity contribution in [2.75, 3.05) is 25.6 Å². The second-order valence-corrected chi connectivity index (χ2v) is 4.95. The first-order valence-corrected chi connectivity index (χ1v) is 6.15. The highest BCUT2D eigenvalue weighted by Gasteiger charge is 2.20. The highest BCUT2D eigenvalue weighted by molar-refractivity contribution is 5.94. The van der Waals surface area contributed by atoms with Gasteiger partial charge in [0.15, 0.2) is 0 Å². The number of anilines is 1. The van der Waals surface area contributed by atoms with Crippen molar-refractivity contribution in [1.29, 1.82) is 0 Å². The van der Waals surface area contributed by atoms with E-state index in [-0.39, 0.29) is 12.1 Å². The molecule has 106 valence electrons. The third kappa shape index (κ3) is 4.89. The summed E-state index contributed by atoms with van der Waals surface area (Å²) < 4.78 is 4.93. The van der Waals surface area contributed by atoms with Gasteiger partial charge in [0, 0.05) is 32.4 Å². The molecule has 3 N–H and O–H groups in total. The van der Waals surface area contributed by atoms with Crippen LogP contribution in [0.3, 0.4) is 0 Å². The van der Waals surface area contributed by atoms with E-state index in [1.807, 2.05) is 6.92 Å². The van der Waals surface area contributed by atoms with Crippen molar-refractivity contribution >= 4 is 11.7 Å². The van der Waals surface area contributed by atoms with Crippen molar-refractivity contribution < 1.29 is 19.7 Å². The lowest BCUT2D eigenvalue weighted by Crippen LogP contribution is -2.35. The lowest BCUT2D eigenvalue weighted by Gasteiger charge is -2.24. The van der Waals surface area contributed by atoms with Gasteiger partial charge in [0.25, 0.3) is 0 Å². The van der Waals surface area contributed by atoms with E-state index >= 15 is 0 Å². The number of nitrogens with one attached hydrogen (secondary N) is 1. The average Bonchev–Trinajstić information content (AvgIpc) is 2.34. The molecular weight excluding hydrogens is 246 g/mol. The van der Waals surface area contributed by atoms with Gasteiger partial charge in [-0.15, -0.1) is 0 Å². The van der Waals surface area contributed by atoms with Crippen LogP contribution in [0.4, 0.5) is 5.69 Å². The second kappa shape index (κ2) is 6.54. The molecule has 0 aliphatic heterocycles. The molecule has 0 bridgehead atoms. The fourth-order valence-electron chi connectivity index (χ4n) is 1.69. The van der Waals surface area contributed by atoms with Crippen LogP contribution in [0, 0.1) is 6.92 Å². The van der Waals surface area contributed by atoms with Crippen LogP contribution in [0.2, 0.25) is 0 Å². The quantitative estimate of drug-likeness (QED) is 0.703. The molecule has 1 aromatic carbocycles. The summed E-state index contributed by atoms with van der Waals surface area (Å²) in [6.45, 7) is 4.30. The molecular formula is C14H21NO4. The highest BCUT2D eigenvalue weighted by Crippen LogP contribution is 2.19. The van der Waals surface area contributed by atoms with Crippen molar-refractivity contribution in [3.63, 3.8) is 0 Å². The number of hydrogen-bond donors (Lipinski definition) is 3. The Morgan fingerprint density at radius 2 is 2.16 bits per heavy atom. The van der Waals surface area contributed by atoms with E-state index in [1.54, 1.807) is 32.2 Å². The van der Waals surface area contributed by atoms with E-state index in [4.69, 9.17) is 9.84 Å². The largest absolute Gasteiger partial charge is 0.478 e. The number of methoxy groups -OCH3 is 1. The van der Waals surface area contributed by atoms with Gasteiger partial charge in [0.05, 0.1) is 11.2 Å². The number of carbonyl (C=O) groups is 1. The van der Waals surface area contributed by atoms with Gasteiger partial charge in [-0.2, -0.15) is 0 Å². The van der Waals surface area contributed by atoms with Crippen molar-refractivity contribution in [2.45, 2.75) is 25.9 Å². The topological polar surface area (TPSA) is 78.8 Å². The number of ether oxygens (including phenoxy) is 1. The van der Waals surface area contributed by atoms with Gasteiger partial charge in [-0.3, -0.25) is 0 Å². The van der Waals surface area contributed by atoms with Gasteiger partial charge in [-0.25, -0.2) is 4.79 Å². The Bertz CT molecular complexity index is 443. The van der Waals surface area contributed by atoms with Crippen LogP contribution in [-0.4, -0.2) is 42.0 Å². The molecule has 5 nitrogen and oxygen atoms in total. The van der Waals surface area contributed by atoms with Crippen LogP contribution in [0.1, 0.15) is 29.3 Å². The molecule has 0 aromatic heterocycles. The summed E-state index contributed by atoms with van der Waals surface area (Å²) in [5.41, 5.74) is 0.734. The maximum Gasteiger partial charge on any atom is 0.337 e. The number of rotatable bonds is 7. The molecule has 1 rings (SSSR count). The van der Waals surface area contributed by atoms with Crippen molar-refractivity contribution in [3.05, 3.63) is 29.3 Å². The maximum absolute atomic E-state index is 11.1. The van der Waals surface area contributed by atoms with E-state index in [2.05, 4.69) is 5.32 Å². The van der Waals surface area contributed by atoms with Gasteiger partial charge < -0.3 is 20.3 Å². The molecule has 1 aromatic rings. The zero-order valence-electron chi connectivity index (χ0n) is 11.6. The van der Waals surface area contributed by atoms with Crippen LogP contribution in [-0.2, 0) is 4.74 Å². The second-order valence-electron chi connectivity index (χ2n) is 4.95. The Hall–Kier alpha value is -1.59. The lowest BCUT2D eigenvalue weighted by atomic mass is 10.0. The minimum atomic E-state index is -0.987. The first-order valence-electron chi connectivity index (χ1n) is 6.15.